The fraction of sp³-hybridized carbons (Fsp3) is 0.902. The molecule has 0 aliphatic rings. The van der Waals surface area contributed by atoms with Crippen molar-refractivity contribution in [2.75, 3.05) is 19.8 Å². The maximum atomic E-state index is 12.5. The lowest BCUT2D eigenvalue weighted by atomic mass is 10.0. The zero-order chi connectivity index (χ0) is 36.8. The summed E-state index contributed by atoms with van der Waals surface area (Å²) in [5, 5.41) is 0. The number of phosphoric ester groups is 1. The molecule has 0 fully saturated rings. The van der Waals surface area contributed by atoms with Crippen molar-refractivity contribution in [3.05, 3.63) is 12.2 Å². The van der Waals surface area contributed by atoms with Crippen molar-refractivity contribution in [2.24, 2.45) is 0 Å². The van der Waals surface area contributed by atoms with E-state index >= 15 is 0 Å². The second-order valence-corrected chi connectivity index (χ2v) is 15.5. The Morgan fingerprint density at radius 1 is 0.520 bits per heavy atom. The minimum absolute atomic E-state index is 0.00268. The van der Waals surface area contributed by atoms with Gasteiger partial charge in [0, 0.05) is 12.8 Å². The number of rotatable bonds is 39. The highest BCUT2D eigenvalue weighted by Crippen LogP contribution is 2.43. The Labute approximate surface area is 308 Å². The maximum absolute atomic E-state index is 12.5. The Morgan fingerprint density at radius 2 is 0.900 bits per heavy atom. The zero-order valence-electron chi connectivity index (χ0n) is 32.8. The third-order valence-corrected chi connectivity index (χ3v) is 10.1. The van der Waals surface area contributed by atoms with Gasteiger partial charge in [-0.05, 0) is 45.4 Å². The predicted octanol–water partition coefficient (Wildman–Crippen LogP) is 12.9. The van der Waals surface area contributed by atoms with Crippen LogP contribution in [0.5, 0.6) is 0 Å². The fourth-order valence-corrected chi connectivity index (χ4v) is 6.73. The quantitative estimate of drug-likeness (QED) is 0.0288. The number of hydrogen-bond donors (Lipinski definition) is 1. The highest BCUT2D eigenvalue weighted by atomic mass is 31.2. The first kappa shape index (κ1) is 48.8. The fourth-order valence-electron chi connectivity index (χ4n) is 5.98. The molecule has 0 rings (SSSR count). The van der Waals surface area contributed by atoms with Crippen LogP contribution in [0.4, 0.5) is 0 Å². The second kappa shape index (κ2) is 37.5. The summed E-state index contributed by atoms with van der Waals surface area (Å²) in [6.07, 6.45) is 38.3. The number of ether oxygens (including phenoxy) is 2. The van der Waals surface area contributed by atoms with Gasteiger partial charge in [0.15, 0.2) is 6.10 Å². The van der Waals surface area contributed by atoms with Crippen LogP contribution in [0.25, 0.3) is 0 Å². The molecule has 0 aromatic rings. The molecular formula is C41H79O8P. The smallest absolute Gasteiger partial charge is 0.462 e. The first-order chi connectivity index (χ1) is 24.3. The van der Waals surface area contributed by atoms with E-state index in [-0.39, 0.29) is 32.2 Å². The van der Waals surface area contributed by atoms with Crippen molar-refractivity contribution in [1.29, 1.82) is 0 Å². The number of phosphoric acid groups is 1. The van der Waals surface area contributed by atoms with E-state index < -0.39 is 19.9 Å². The Bertz CT molecular complexity index is 833. The molecule has 1 N–H and O–H groups in total. The van der Waals surface area contributed by atoms with Gasteiger partial charge in [-0.15, -0.1) is 0 Å². The van der Waals surface area contributed by atoms with E-state index in [1.54, 1.807) is 6.92 Å². The summed E-state index contributed by atoms with van der Waals surface area (Å²) < 4.78 is 32.6. The molecule has 0 heterocycles. The molecule has 0 saturated heterocycles. The monoisotopic (exact) mass is 731 g/mol. The van der Waals surface area contributed by atoms with Crippen molar-refractivity contribution in [3.8, 4) is 0 Å². The number of unbranched alkanes of at least 4 members (excludes halogenated alkanes) is 25. The zero-order valence-corrected chi connectivity index (χ0v) is 33.7. The van der Waals surface area contributed by atoms with Gasteiger partial charge in [0.2, 0.25) is 0 Å². The van der Waals surface area contributed by atoms with Crippen molar-refractivity contribution in [2.45, 2.75) is 219 Å². The number of carbonyl (C=O) groups excluding carboxylic acids is 2. The van der Waals surface area contributed by atoms with Crippen LogP contribution in [-0.4, -0.2) is 42.8 Å². The van der Waals surface area contributed by atoms with Gasteiger partial charge < -0.3 is 14.4 Å². The Morgan fingerprint density at radius 3 is 1.32 bits per heavy atom. The largest absolute Gasteiger partial charge is 0.472 e. The molecule has 50 heavy (non-hydrogen) atoms. The molecule has 0 spiro atoms. The molecule has 0 bridgehead atoms. The Balaban J connectivity index is 4.08. The van der Waals surface area contributed by atoms with E-state index in [9.17, 15) is 19.0 Å². The summed E-state index contributed by atoms with van der Waals surface area (Å²) in [5.41, 5.74) is 0. The van der Waals surface area contributed by atoms with Crippen LogP contribution < -0.4 is 0 Å². The molecule has 8 nitrogen and oxygen atoms in total. The molecule has 296 valence electrons. The third kappa shape index (κ3) is 36.6. The molecule has 2 unspecified atom stereocenters. The van der Waals surface area contributed by atoms with Gasteiger partial charge in [-0.3, -0.25) is 18.6 Å². The maximum Gasteiger partial charge on any atom is 0.472 e. The van der Waals surface area contributed by atoms with Crippen LogP contribution in [0.15, 0.2) is 12.2 Å². The molecule has 0 radical (unpaired) electrons. The van der Waals surface area contributed by atoms with Gasteiger partial charge in [0.1, 0.15) is 6.61 Å². The highest BCUT2D eigenvalue weighted by molar-refractivity contribution is 7.47. The third-order valence-electron chi connectivity index (χ3n) is 9.07. The van der Waals surface area contributed by atoms with Crippen LogP contribution in [0.2, 0.25) is 0 Å². The molecular weight excluding hydrogens is 651 g/mol. The molecule has 0 aliphatic carbocycles. The molecule has 0 aromatic carbocycles. The van der Waals surface area contributed by atoms with Crippen LogP contribution >= 0.6 is 7.82 Å². The van der Waals surface area contributed by atoms with Crippen molar-refractivity contribution < 1.29 is 37.6 Å². The van der Waals surface area contributed by atoms with Crippen LogP contribution in [-0.2, 0) is 32.7 Å². The minimum atomic E-state index is -4.27. The van der Waals surface area contributed by atoms with Gasteiger partial charge in [0.25, 0.3) is 0 Å². The lowest BCUT2D eigenvalue weighted by molar-refractivity contribution is -0.161. The Hall–Kier alpha value is -1.21. The molecule has 0 amide bonds. The lowest BCUT2D eigenvalue weighted by Crippen LogP contribution is -2.29. The van der Waals surface area contributed by atoms with Crippen molar-refractivity contribution in [1.82, 2.24) is 0 Å². The average Bonchev–Trinajstić information content (AvgIpc) is 3.09. The first-order valence-corrected chi connectivity index (χ1v) is 22.5. The summed E-state index contributed by atoms with van der Waals surface area (Å²) >= 11 is 0. The molecule has 9 heteroatoms. The van der Waals surface area contributed by atoms with Gasteiger partial charge >= 0.3 is 19.8 Å². The topological polar surface area (TPSA) is 108 Å². The molecule has 0 saturated carbocycles. The lowest BCUT2D eigenvalue weighted by Gasteiger charge is -2.19. The SMILES string of the molecule is CCCCCCCC/C=C\CCCCCCCCCC(=O)OC(COC(=O)CCCCCCCCCCCCCCC)COP(=O)(O)OCC. The highest BCUT2D eigenvalue weighted by Gasteiger charge is 2.25. The minimum Gasteiger partial charge on any atom is -0.462 e. The van der Waals surface area contributed by atoms with Crippen LogP contribution in [0.3, 0.4) is 0 Å². The van der Waals surface area contributed by atoms with Crippen LogP contribution in [0, 0.1) is 0 Å². The van der Waals surface area contributed by atoms with Gasteiger partial charge in [0.05, 0.1) is 13.2 Å². The predicted molar refractivity (Wildman–Crippen MR) is 207 cm³/mol. The van der Waals surface area contributed by atoms with E-state index in [0.29, 0.717) is 12.8 Å². The summed E-state index contributed by atoms with van der Waals surface area (Å²) in [6, 6.07) is 0. The van der Waals surface area contributed by atoms with Gasteiger partial charge in [-0.25, -0.2) is 4.57 Å². The van der Waals surface area contributed by atoms with E-state index in [1.165, 1.54) is 128 Å². The normalized spacial score (nSPS) is 13.4. The second-order valence-electron chi connectivity index (χ2n) is 14.0. The summed E-state index contributed by atoms with van der Waals surface area (Å²) in [5.74, 6) is -0.793. The van der Waals surface area contributed by atoms with Crippen molar-refractivity contribution >= 4 is 19.8 Å². The number of esters is 2. The van der Waals surface area contributed by atoms with E-state index in [4.69, 9.17) is 18.5 Å². The van der Waals surface area contributed by atoms with E-state index in [0.717, 1.165) is 44.9 Å². The Kier molecular flexibility index (Phi) is 36.6. The van der Waals surface area contributed by atoms with Gasteiger partial charge in [-0.2, -0.15) is 0 Å². The summed E-state index contributed by atoms with van der Waals surface area (Å²) in [6.45, 7) is 5.48. The van der Waals surface area contributed by atoms with E-state index in [2.05, 4.69) is 26.0 Å². The first-order valence-electron chi connectivity index (χ1n) is 21.0. The van der Waals surface area contributed by atoms with Crippen LogP contribution in [0.1, 0.15) is 213 Å². The summed E-state index contributed by atoms with van der Waals surface area (Å²) in [4.78, 5) is 34.7. The average molecular weight is 731 g/mol. The van der Waals surface area contributed by atoms with Crippen molar-refractivity contribution in [3.63, 3.8) is 0 Å². The molecule has 0 aliphatic heterocycles. The van der Waals surface area contributed by atoms with E-state index in [1.807, 2.05) is 0 Å². The molecule has 2 atom stereocenters. The number of allylic oxidation sites excluding steroid dienone is 2. The molecule has 0 aromatic heterocycles. The number of hydrogen-bond acceptors (Lipinski definition) is 7. The summed E-state index contributed by atoms with van der Waals surface area (Å²) in [7, 11) is -4.27. The standard InChI is InChI=1S/C41H79O8P/c1-4-7-9-11-13-15-17-19-20-21-22-24-26-28-30-32-34-36-41(43)49-39(38-48-50(44,45)47-6-3)37-46-40(42)35-33-31-29-27-25-23-18-16-14-12-10-8-5-2/h19-20,39H,4-18,21-38H2,1-3H3,(H,44,45)/b20-19-. The number of carbonyl (C=O) groups is 2. The van der Waals surface area contributed by atoms with Gasteiger partial charge in [-0.1, -0.05) is 167 Å².